The highest BCUT2D eigenvalue weighted by Gasteiger charge is 2.38. The third kappa shape index (κ3) is 2.82. The van der Waals surface area contributed by atoms with E-state index in [9.17, 15) is 9.18 Å². The van der Waals surface area contributed by atoms with Crippen LogP contribution in [0.1, 0.15) is 31.9 Å². The lowest BCUT2D eigenvalue weighted by molar-refractivity contribution is -0.142. The van der Waals surface area contributed by atoms with Crippen LogP contribution in [0.3, 0.4) is 0 Å². The van der Waals surface area contributed by atoms with Crippen LogP contribution in [0.5, 0.6) is 0 Å². The first-order valence-electron chi connectivity index (χ1n) is 6.35. The molecule has 0 amide bonds. The maximum atomic E-state index is 14.0. The molecule has 1 aromatic carbocycles. The van der Waals surface area contributed by atoms with Gasteiger partial charge in [-0.3, -0.25) is 9.69 Å². The number of aliphatic carboxylic acids is 1. The van der Waals surface area contributed by atoms with Gasteiger partial charge in [0.15, 0.2) is 0 Å². The molecule has 1 N–H and O–H groups in total. The molecule has 104 valence electrons. The van der Waals surface area contributed by atoms with E-state index in [4.69, 9.17) is 5.11 Å². The molecule has 1 saturated heterocycles. The Balaban J connectivity index is 2.20. The van der Waals surface area contributed by atoms with E-state index in [2.05, 4.69) is 20.8 Å². The minimum Gasteiger partial charge on any atom is -0.481 e. The van der Waals surface area contributed by atoms with E-state index < -0.39 is 5.97 Å². The highest BCUT2D eigenvalue weighted by atomic mass is 79.9. The van der Waals surface area contributed by atoms with E-state index in [0.29, 0.717) is 23.0 Å². The molecule has 1 aliphatic heterocycles. The molecule has 19 heavy (non-hydrogen) atoms. The molecular weight excluding hydrogens is 313 g/mol. The number of benzene rings is 1. The number of hydrogen-bond donors (Lipinski definition) is 1. The molecule has 1 aromatic rings. The number of nitrogens with zero attached hydrogens (tertiary/aromatic N) is 1. The lowest BCUT2D eigenvalue weighted by atomic mass is 10.0. The average Bonchev–Trinajstić information content (AvgIpc) is 2.70. The molecular formula is C14H17BrFNO2. The van der Waals surface area contributed by atoms with Gasteiger partial charge >= 0.3 is 5.97 Å². The summed E-state index contributed by atoms with van der Waals surface area (Å²) in [5.41, 5.74) is 0.612. The number of hydrogen-bond acceptors (Lipinski definition) is 2. The van der Waals surface area contributed by atoms with E-state index in [1.54, 1.807) is 6.07 Å². The molecule has 5 heteroatoms. The molecule has 3 atom stereocenters. The molecule has 3 unspecified atom stereocenters. The summed E-state index contributed by atoms with van der Waals surface area (Å²) in [6.45, 7) is 4.51. The molecule has 3 nitrogen and oxygen atoms in total. The molecule has 0 spiro atoms. The van der Waals surface area contributed by atoms with Gasteiger partial charge in [0.2, 0.25) is 0 Å². The second-order valence-corrected chi connectivity index (χ2v) is 5.97. The summed E-state index contributed by atoms with van der Waals surface area (Å²) in [7, 11) is 0. The molecule has 1 aliphatic rings. The van der Waals surface area contributed by atoms with E-state index in [1.807, 2.05) is 19.9 Å². The first kappa shape index (κ1) is 14.5. The Hall–Kier alpha value is -0.940. The fourth-order valence-electron chi connectivity index (χ4n) is 2.86. The zero-order valence-electron chi connectivity index (χ0n) is 10.9. The molecule has 0 radical (unpaired) electrons. The smallest absolute Gasteiger partial charge is 0.308 e. The normalized spacial score (nSPS) is 25.5. The minimum atomic E-state index is -0.765. The first-order chi connectivity index (χ1) is 8.91. The first-order valence-corrected chi connectivity index (χ1v) is 7.14. The number of carbonyl (C=O) groups is 1. The summed E-state index contributed by atoms with van der Waals surface area (Å²) < 4.78 is 14.7. The summed E-state index contributed by atoms with van der Waals surface area (Å²) in [4.78, 5) is 13.2. The van der Waals surface area contributed by atoms with Gasteiger partial charge in [-0.15, -0.1) is 0 Å². The second-order valence-electron chi connectivity index (χ2n) is 5.05. The van der Waals surface area contributed by atoms with Gasteiger partial charge < -0.3 is 5.11 Å². The van der Waals surface area contributed by atoms with Crippen molar-refractivity contribution in [3.8, 4) is 0 Å². The van der Waals surface area contributed by atoms with Crippen molar-refractivity contribution in [1.29, 1.82) is 0 Å². The number of likely N-dealkylation sites (tertiary alicyclic amines) is 1. The van der Waals surface area contributed by atoms with Crippen LogP contribution in [0.4, 0.5) is 4.39 Å². The maximum Gasteiger partial charge on any atom is 0.308 e. The Kier molecular flexibility index (Phi) is 4.26. The van der Waals surface area contributed by atoms with Gasteiger partial charge in [0.25, 0.3) is 0 Å². The van der Waals surface area contributed by atoms with Crippen LogP contribution >= 0.6 is 15.9 Å². The predicted octanol–water partition coefficient (Wildman–Crippen LogP) is 3.44. The van der Waals surface area contributed by atoms with Gasteiger partial charge in [-0.25, -0.2) is 4.39 Å². The van der Waals surface area contributed by atoms with Crippen LogP contribution in [-0.2, 0) is 4.79 Å². The van der Waals surface area contributed by atoms with Gasteiger partial charge in [-0.1, -0.05) is 22.0 Å². The minimum absolute atomic E-state index is 0.0736. The third-order valence-electron chi connectivity index (χ3n) is 4.03. The highest BCUT2D eigenvalue weighted by Crippen LogP contribution is 2.34. The van der Waals surface area contributed by atoms with Gasteiger partial charge in [-0.2, -0.15) is 0 Å². The average molecular weight is 330 g/mol. The van der Waals surface area contributed by atoms with Gasteiger partial charge in [0.1, 0.15) is 5.82 Å². The standard InChI is InChI=1S/C14H17BrFNO2/c1-8(11-4-3-10(15)7-13(11)16)17-6-5-12(9(17)2)14(18)19/h3-4,7-9,12H,5-6H2,1-2H3,(H,18,19). The monoisotopic (exact) mass is 329 g/mol. The van der Waals surface area contributed by atoms with Crippen molar-refractivity contribution in [1.82, 2.24) is 4.90 Å². The highest BCUT2D eigenvalue weighted by molar-refractivity contribution is 9.10. The second kappa shape index (κ2) is 5.59. The molecule has 2 rings (SSSR count). The molecule has 0 saturated carbocycles. The number of carboxylic acids is 1. The molecule has 0 aromatic heterocycles. The Morgan fingerprint density at radius 2 is 2.26 bits per heavy atom. The van der Waals surface area contributed by atoms with E-state index in [0.717, 1.165) is 0 Å². The van der Waals surface area contributed by atoms with Gasteiger partial charge in [0, 0.05) is 22.1 Å². The van der Waals surface area contributed by atoms with E-state index in [-0.39, 0.29) is 23.8 Å². The van der Waals surface area contributed by atoms with Crippen molar-refractivity contribution in [3.05, 3.63) is 34.1 Å². The van der Waals surface area contributed by atoms with Crippen LogP contribution in [0.15, 0.2) is 22.7 Å². The van der Waals surface area contributed by atoms with Crippen molar-refractivity contribution in [2.24, 2.45) is 5.92 Å². The molecule has 0 bridgehead atoms. The predicted molar refractivity (Wildman–Crippen MR) is 74.4 cm³/mol. The molecule has 1 heterocycles. The Labute approximate surface area is 120 Å². The SMILES string of the molecule is CC(c1ccc(Br)cc1F)N1CCC(C(=O)O)C1C. The molecule has 1 fully saturated rings. The molecule has 0 aliphatic carbocycles. The van der Waals surface area contributed by atoms with Crippen molar-refractivity contribution in [2.45, 2.75) is 32.4 Å². The Morgan fingerprint density at radius 3 is 2.79 bits per heavy atom. The van der Waals surface area contributed by atoms with Crippen molar-refractivity contribution in [3.63, 3.8) is 0 Å². The Bertz CT molecular complexity index is 494. The summed E-state index contributed by atoms with van der Waals surface area (Å²) in [5, 5.41) is 9.14. The lowest BCUT2D eigenvalue weighted by Gasteiger charge is -2.30. The third-order valence-corrected chi connectivity index (χ3v) is 4.52. The number of halogens is 2. The van der Waals surface area contributed by atoms with E-state index >= 15 is 0 Å². The summed E-state index contributed by atoms with van der Waals surface area (Å²) in [6, 6.07) is 4.82. The fourth-order valence-corrected chi connectivity index (χ4v) is 3.19. The fraction of sp³-hybridized carbons (Fsp3) is 0.500. The van der Waals surface area contributed by atoms with Crippen molar-refractivity contribution >= 4 is 21.9 Å². The van der Waals surface area contributed by atoms with E-state index in [1.165, 1.54) is 6.07 Å². The maximum absolute atomic E-state index is 14.0. The van der Waals surface area contributed by atoms with Crippen molar-refractivity contribution < 1.29 is 14.3 Å². The van der Waals surface area contributed by atoms with Crippen LogP contribution in [0.2, 0.25) is 0 Å². The summed E-state index contributed by atoms with van der Waals surface area (Å²) in [5.74, 6) is -1.38. The van der Waals surface area contributed by atoms with Crippen LogP contribution in [0, 0.1) is 11.7 Å². The van der Waals surface area contributed by atoms with Crippen LogP contribution < -0.4 is 0 Å². The Morgan fingerprint density at radius 1 is 1.58 bits per heavy atom. The number of carboxylic acid groups (broad SMARTS) is 1. The van der Waals surface area contributed by atoms with Crippen molar-refractivity contribution in [2.75, 3.05) is 6.54 Å². The van der Waals surface area contributed by atoms with Gasteiger partial charge in [0.05, 0.1) is 5.92 Å². The largest absolute Gasteiger partial charge is 0.481 e. The quantitative estimate of drug-likeness (QED) is 0.923. The summed E-state index contributed by atoms with van der Waals surface area (Å²) >= 11 is 3.24. The number of rotatable bonds is 3. The zero-order valence-corrected chi connectivity index (χ0v) is 12.5. The summed E-state index contributed by atoms with van der Waals surface area (Å²) in [6.07, 6.45) is 0.624. The zero-order chi connectivity index (χ0) is 14.2. The topological polar surface area (TPSA) is 40.5 Å². The van der Waals surface area contributed by atoms with Crippen LogP contribution in [-0.4, -0.2) is 28.6 Å². The van der Waals surface area contributed by atoms with Crippen LogP contribution in [0.25, 0.3) is 0 Å². The lowest BCUT2D eigenvalue weighted by Crippen LogP contribution is -2.35. The van der Waals surface area contributed by atoms with Gasteiger partial charge in [-0.05, 0) is 38.9 Å².